The van der Waals surface area contributed by atoms with Gasteiger partial charge in [0.25, 0.3) is 0 Å². The van der Waals surface area contributed by atoms with Crippen molar-refractivity contribution in [2.75, 3.05) is 6.61 Å². The third-order valence-electron chi connectivity index (χ3n) is 7.15. The molecule has 0 aliphatic heterocycles. The van der Waals surface area contributed by atoms with E-state index in [1.807, 2.05) is 20.8 Å². The molecule has 0 amide bonds. The number of carbonyl (C=O) groups excluding carboxylic acids is 1. The Hall–Kier alpha value is -0.610. The lowest BCUT2D eigenvalue weighted by Gasteiger charge is -2.68. The first kappa shape index (κ1) is 18.2. The molecule has 4 bridgehead atoms. The van der Waals surface area contributed by atoms with Gasteiger partial charge >= 0.3 is 5.97 Å². The zero-order valence-corrected chi connectivity index (χ0v) is 15.9. The summed E-state index contributed by atoms with van der Waals surface area (Å²) in [6.45, 7) is 10.4. The van der Waals surface area contributed by atoms with Crippen LogP contribution in [0.1, 0.15) is 73.1 Å². The lowest BCUT2D eigenvalue weighted by molar-refractivity contribution is -0.284. The van der Waals surface area contributed by atoms with Gasteiger partial charge < -0.3 is 14.9 Å². The Kier molecular flexibility index (Phi) is 4.12. The molecule has 0 aromatic heterocycles. The number of rotatable bonds is 5. The van der Waals surface area contributed by atoms with E-state index in [2.05, 4.69) is 13.8 Å². The summed E-state index contributed by atoms with van der Waals surface area (Å²) in [6.07, 6.45) is 4.41. The van der Waals surface area contributed by atoms with E-state index in [4.69, 9.17) is 4.74 Å². The van der Waals surface area contributed by atoms with Gasteiger partial charge in [-0.1, -0.05) is 20.8 Å². The van der Waals surface area contributed by atoms with Crippen LogP contribution in [-0.4, -0.2) is 34.0 Å². The minimum Gasteiger partial charge on any atom is -0.465 e. The van der Waals surface area contributed by atoms with Crippen molar-refractivity contribution in [2.45, 2.75) is 84.3 Å². The lowest BCUT2D eigenvalue weighted by Crippen LogP contribution is -2.70. The summed E-state index contributed by atoms with van der Waals surface area (Å²) in [4.78, 5) is 12.5. The maximum Gasteiger partial charge on any atom is 0.311 e. The molecule has 0 aromatic rings. The molecule has 0 spiro atoms. The van der Waals surface area contributed by atoms with E-state index < -0.39 is 16.6 Å². The molecular formula is C20H34O4. The van der Waals surface area contributed by atoms with Crippen LogP contribution in [0.15, 0.2) is 0 Å². The number of aliphatic hydroxyl groups is 2. The van der Waals surface area contributed by atoms with Gasteiger partial charge in [-0.2, -0.15) is 0 Å². The summed E-state index contributed by atoms with van der Waals surface area (Å²) in [7, 11) is 0. The van der Waals surface area contributed by atoms with Gasteiger partial charge in [0.1, 0.15) is 0 Å². The van der Waals surface area contributed by atoms with Crippen LogP contribution in [0.2, 0.25) is 0 Å². The van der Waals surface area contributed by atoms with E-state index in [9.17, 15) is 15.0 Å². The van der Waals surface area contributed by atoms with Crippen LogP contribution < -0.4 is 0 Å². The Bertz CT molecular complexity index is 528. The molecule has 0 saturated heterocycles. The van der Waals surface area contributed by atoms with Crippen molar-refractivity contribution in [3.8, 4) is 0 Å². The predicted octanol–water partition coefficient (Wildman–Crippen LogP) is 3.29. The van der Waals surface area contributed by atoms with Crippen LogP contribution in [0, 0.1) is 28.6 Å². The monoisotopic (exact) mass is 338 g/mol. The fourth-order valence-corrected chi connectivity index (χ4v) is 6.53. The summed E-state index contributed by atoms with van der Waals surface area (Å²) in [5.74, 6) is 0.563. The van der Waals surface area contributed by atoms with E-state index in [-0.39, 0.29) is 17.3 Å². The highest BCUT2D eigenvalue weighted by Crippen LogP contribution is 2.67. The van der Waals surface area contributed by atoms with Crippen molar-refractivity contribution >= 4 is 5.97 Å². The lowest BCUT2D eigenvalue weighted by atomic mass is 9.40. The van der Waals surface area contributed by atoms with Crippen molar-refractivity contribution in [1.82, 2.24) is 0 Å². The number of esters is 1. The summed E-state index contributed by atoms with van der Waals surface area (Å²) in [5.41, 5.74) is -2.36. The predicted molar refractivity (Wildman–Crippen MR) is 92.3 cm³/mol. The highest BCUT2D eigenvalue weighted by Gasteiger charge is 2.68. The second-order valence-electron chi connectivity index (χ2n) is 10.1. The molecule has 4 aliphatic rings. The van der Waals surface area contributed by atoms with E-state index >= 15 is 0 Å². The van der Waals surface area contributed by atoms with Gasteiger partial charge in [-0.05, 0) is 63.7 Å². The molecule has 0 aromatic carbocycles. The summed E-state index contributed by atoms with van der Waals surface area (Å²) >= 11 is 0. The van der Waals surface area contributed by atoms with Gasteiger partial charge in [0, 0.05) is 11.8 Å². The van der Waals surface area contributed by atoms with Crippen LogP contribution in [0.5, 0.6) is 0 Å². The largest absolute Gasteiger partial charge is 0.465 e. The van der Waals surface area contributed by atoms with Crippen molar-refractivity contribution in [2.24, 2.45) is 28.6 Å². The summed E-state index contributed by atoms with van der Waals surface area (Å²) in [5, 5.41) is 22.3. The maximum atomic E-state index is 12.5. The molecule has 4 nitrogen and oxygen atoms in total. The second kappa shape index (κ2) is 5.44. The van der Waals surface area contributed by atoms with E-state index in [1.54, 1.807) is 0 Å². The smallest absolute Gasteiger partial charge is 0.311 e. The van der Waals surface area contributed by atoms with Gasteiger partial charge in [-0.3, -0.25) is 4.79 Å². The average molecular weight is 338 g/mol. The van der Waals surface area contributed by atoms with Crippen LogP contribution in [-0.2, 0) is 9.53 Å². The molecule has 4 saturated carbocycles. The van der Waals surface area contributed by atoms with Crippen LogP contribution >= 0.6 is 0 Å². The van der Waals surface area contributed by atoms with Gasteiger partial charge in [-0.25, -0.2) is 0 Å². The third kappa shape index (κ3) is 2.70. The SMILES string of the molecule is CCC(C)(C)C(=O)OCC12CC3CC(O)(CC(O)(C3)C1C(C)C)C2. The first-order valence-corrected chi connectivity index (χ1v) is 9.57. The van der Waals surface area contributed by atoms with Crippen LogP contribution in [0.25, 0.3) is 0 Å². The molecule has 4 heteroatoms. The standard InChI is InChI=1S/C20H34O4/c1-6-17(4,5)16(21)24-12-18-7-14-8-19(22,10-18)11-20(23,9-14)15(18)13(2)3/h13-15,22-23H,6-12H2,1-5H3. The summed E-state index contributed by atoms with van der Waals surface area (Å²) in [6, 6.07) is 0. The van der Waals surface area contributed by atoms with Crippen molar-refractivity contribution in [3.05, 3.63) is 0 Å². The highest BCUT2D eigenvalue weighted by atomic mass is 16.5. The molecule has 2 N–H and O–H groups in total. The molecule has 4 rings (SSSR count). The Morgan fingerprint density at radius 1 is 1.21 bits per heavy atom. The van der Waals surface area contributed by atoms with Gasteiger partial charge in [0.2, 0.25) is 0 Å². The third-order valence-corrected chi connectivity index (χ3v) is 7.15. The van der Waals surface area contributed by atoms with Crippen LogP contribution in [0.4, 0.5) is 0 Å². The highest BCUT2D eigenvalue weighted by molar-refractivity contribution is 5.75. The molecule has 0 radical (unpaired) electrons. The molecule has 138 valence electrons. The maximum absolute atomic E-state index is 12.5. The molecule has 4 aliphatic carbocycles. The zero-order valence-electron chi connectivity index (χ0n) is 15.9. The fourth-order valence-electron chi connectivity index (χ4n) is 6.53. The Morgan fingerprint density at radius 3 is 2.42 bits per heavy atom. The minimum absolute atomic E-state index is 0.0827. The molecule has 5 unspecified atom stereocenters. The van der Waals surface area contributed by atoms with E-state index in [0.29, 0.717) is 31.3 Å². The zero-order chi connectivity index (χ0) is 18.0. The summed E-state index contributed by atoms with van der Waals surface area (Å²) < 4.78 is 5.79. The Labute approximate surface area is 146 Å². The Balaban J connectivity index is 1.87. The average Bonchev–Trinajstić information content (AvgIpc) is 2.40. The van der Waals surface area contributed by atoms with Gasteiger partial charge in [0.15, 0.2) is 0 Å². The normalized spacial score (nSPS) is 44.2. The van der Waals surface area contributed by atoms with Gasteiger partial charge in [0.05, 0.1) is 23.2 Å². The van der Waals surface area contributed by atoms with Crippen molar-refractivity contribution in [1.29, 1.82) is 0 Å². The van der Waals surface area contributed by atoms with Gasteiger partial charge in [-0.15, -0.1) is 0 Å². The molecule has 4 fully saturated rings. The molecule has 0 heterocycles. The van der Waals surface area contributed by atoms with E-state index in [1.165, 1.54) is 0 Å². The van der Waals surface area contributed by atoms with Crippen LogP contribution in [0.3, 0.4) is 0 Å². The second-order valence-corrected chi connectivity index (χ2v) is 10.1. The minimum atomic E-state index is -0.811. The fraction of sp³-hybridized carbons (Fsp3) is 0.950. The number of ether oxygens (including phenoxy) is 1. The molecule has 24 heavy (non-hydrogen) atoms. The quantitative estimate of drug-likeness (QED) is 0.755. The van der Waals surface area contributed by atoms with Crippen molar-refractivity contribution in [3.63, 3.8) is 0 Å². The topological polar surface area (TPSA) is 66.8 Å². The number of carbonyl (C=O) groups is 1. The number of hydrogen-bond acceptors (Lipinski definition) is 4. The first-order valence-electron chi connectivity index (χ1n) is 9.57. The van der Waals surface area contributed by atoms with E-state index in [0.717, 1.165) is 25.7 Å². The molecule has 5 atom stereocenters. The molecular weight excluding hydrogens is 304 g/mol. The first-order chi connectivity index (χ1) is 11.0. The number of hydrogen-bond donors (Lipinski definition) is 2. The van der Waals surface area contributed by atoms with Crippen molar-refractivity contribution < 1.29 is 19.7 Å². The Morgan fingerprint density at radius 2 is 1.88 bits per heavy atom.